The summed E-state index contributed by atoms with van der Waals surface area (Å²) in [6.45, 7) is 4.51. The number of aromatic nitrogens is 2. The quantitative estimate of drug-likeness (QED) is 0.564. The molecule has 6 nitrogen and oxygen atoms in total. The van der Waals surface area contributed by atoms with Crippen molar-refractivity contribution in [2.45, 2.75) is 26.3 Å². The first-order valence-electron chi connectivity index (χ1n) is 9.37. The highest BCUT2D eigenvalue weighted by molar-refractivity contribution is 6.04. The molecule has 4 aromatic rings. The lowest BCUT2D eigenvalue weighted by Gasteiger charge is -2.27. The Morgan fingerprint density at radius 3 is 2.61 bits per heavy atom. The standard InChI is InChI=1S/C22H21N3O3/c1-3-12-25(14(2)19-13-15-8-4-7-11-18(15)28-19)22(27)20-16-9-5-6-10-17(16)21(26)24-23-20/h4-11,13-14H,3,12H2,1-2H3,(H,24,26). The van der Waals surface area contributed by atoms with Crippen molar-refractivity contribution < 1.29 is 9.21 Å². The summed E-state index contributed by atoms with van der Waals surface area (Å²) in [6, 6.07) is 16.5. The predicted octanol–water partition coefficient (Wildman–Crippen LogP) is 4.28. The van der Waals surface area contributed by atoms with Crippen LogP contribution in [0.3, 0.4) is 0 Å². The van der Waals surface area contributed by atoms with Crippen molar-refractivity contribution in [2.24, 2.45) is 0 Å². The van der Waals surface area contributed by atoms with Gasteiger partial charge in [-0.1, -0.05) is 43.3 Å². The van der Waals surface area contributed by atoms with Gasteiger partial charge in [-0.05, 0) is 31.5 Å². The number of aromatic amines is 1. The lowest BCUT2D eigenvalue weighted by Crippen LogP contribution is -2.35. The van der Waals surface area contributed by atoms with E-state index in [1.165, 1.54) is 0 Å². The van der Waals surface area contributed by atoms with E-state index in [9.17, 15) is 9.59 Å². The fourth-order valence-corrected chi connectivity index (χ4v) is 3.49. The summed E-state index contributed by atoms with van der Waals surface area (Å²) in [7, 11) is 0. The van der Waals surface area contributed by atoms with Crippen molar-refractivity contribution in [3.63, 3.8) is 0 Å². The average Bonchev–Trinajstić information content (AvgIpc) is 3.16. The molecule has 0 fully saturated rings. The predicted molar refractivity (Wildman–Crippen MR) is 108 cm³/mol. The fraction of sp³-hybridized carbons (Fsp3) is 0.227. The van der Waals surface area contributed by atoms with Crippen molar-refractivity contribution in [3.05, 3.63) is 76.4 Å². The molecule has 2 aromatic carbocycles. The minimum atomic E-state index is -0.306. The van der Waals surface area contributed by atoms with Crippen molar-refractivity contribution in [3.8, 4) is 0 Å². The van der Waals surface area contributed by atoms with E-state index in [0.29, 0.717) is 17.3 Å². The number of nitrogens with zero attached hydrogens (tertiary/aromatic N) is 2. The number of carbonyl (C=O) groups is 1. The van der Waals surface area contributed by atoms with Crippen LogP contribution >= 0.6 is 0 Å². The molecular weight excluding hydrogens is 354 g/mol. The summed E-state index contributed by atoms with van der Waals surface area (Å²) in [5.41, 5.74) is 0.729. The Morgan fingerprint density at radius 2 is 1.86 bits per heavy atom. The molecule has 1 amide bonds. The van der Waals surface area contributed by atoms with E-state index in [1.807, 2.05) is 44.2 Å². The van der Waals surface area contributed by atoms with Gasteiger partial charge in [0.15, 0.2) is 5.69 Å². The molecule has 142 valence electrons. The van der Waals surface area contributed by atoms with Crippen LogP contribution in [0.5, 0.6) is 0 Å². The molecule has 0 saturated heterocycles. The SMILES string of the molecule is CCCN(C(=O)c1n[nH]c(=O)c2ccccc12)C(C)c1cc2ccccc2o1. The van der Waals surface area contributed by atoms with E-state index in [2.05, 4.69) is 10.2 Å². The molecule has 2 heterocycles. The number of furan rings is 1. The smallest absolute Gasteiger partial charge is 0.275 e. The average molecular weight is 375 g/mol. The van der Waals surface area contributed by atoms with E-state index in [-0.39, 0.29) is 23.2 Å². The number of rotatable bonds is 5. The van der Waals surface area contributed by atoms with E-state index >= 15 is 0 Å². The highest BCUT2D eigenvalue weighted by atomic mass is 16.3. The maximum Gasteiger partial charge on any atom is 0.275 e. The summed E-state index contributed by atoms with van der Waals surface area (Å²) in [5, 5.41) is 8.52. The van der Waals surface area contributed by atoms with Gasteiger partial charge < -0.3 is 9.32 Å². The van der Waals surface area contributed by atoms with E-state index in [0.717, 1.165) is 23.2 Å². The summed E-state index contributed by atoms with van der Waals surface area (Å²) in [5.74, 6) is 0.485. The molecule has 0 saturated carbocycles. The molecule has 1 unspecified atom stereocenters. The molecule has 0 aliphatic rings. The number of H-pyrrole nitrogens is 1. The Morgan fingerprint density at radius 1 is 1.14 bits per heavy atom. The topological polar surface area (TPSA) is 79.2 Å². The third-order valence-corrected chi connectivity index (χ3v) is 4.95. The number of para-hydroxylation sites is 1. The van der Waals surface area contributed by atoms with Gasteiger partial charge >= 0.3 is 0 Å². The Labute approximate surface area is 161 Å². The molecule has 0 spiro atoms. The molecule has 0 radical (unpaired) electrons. The van der Waals surface area contributed by atoms with Crippen LogP contribution in [0.1, 0.15) is 42.6 Å². The molecule has 1 N–H and O–H groups in total. The largest absolute Gasteiger partial charge is 0.459 e. The summed E-state index contributed by atoms with van der Waals surface area (Å²) in [4.78, 5) is 27.2. The second-order valence-corrected chi connectivity index (χ2v) is 6.81. The van der Waals surface area contributed by atoms with Gasteiger partial charge in [0.25, 0.3) is 11.5 Å². The Hall–Kier alpha value is -3.41. The van der Waals surface area contributed by atoms with Gasteiger partial charge in [0.1, 0.15) is 11.3 Å². The zero-order valence-electron chi connectivity index (χ0n) is 15.8. The van der Waals surface area contributed by atoms with Crippen LogP contribution in [0, 0.1) is 0 Å². The van der Waals surface area contributed by atoms with Crippen molar-refractivity contribution in [2.75, 3.05) is 6.54 Å². The lowest BCUT2D eigenvalue weighted by molar-refractivity contribution is 0.0667. The molecule has 2 aromatic heterocycles. The number of hydrogen-bond acceptors (Lipinski definition) is 4. The Kier molecular flexibility index (Phi) is 4.69. The van der Waals surface area contributed by atoms with Gasteiger partial charge in [0.2, 0.25) is 0 Å². The summed E-state index contributed by atoms with van der Waals surface area (Å²) >= 11 is 0. The Bertz CT molecular complexity index is 1180. The van der Waals surface area contributed by atoms with Crippen molar-refractivity contribution >= 4 is 27.6 Å². The monoisotopic (exact) mass is 375 g/mol. The Balaban J connectivity index is 1.76. The summed E-state index contributed by atoms with van der Waals surface area (Å²) in [6.07, 6.45) is 0.789. The molecule has 4 rings (SSSR count). The van der Waals surface area contributed by atoms with E-state index in [1.54, 1.807) is 29.2 Å². The van der Waals surface area contributed by atoms with Crippen LogP contribution in [0.25, 0.3) is 21.7 Å². The molecule has 0 aliphatic carbocycles. The van der Waals surface area contributed by atoms with E-state index in [4.69, 9.17) is 4.42 Å². The minimum absolute atomic E-state index is 0.234. The molecule has 1 atom stereocenters. The van der Waals surface area contributed by atoms with Crippen LogP contribution < -0.4 is 5.56 Å². The van der Waals surface area contributed by atoms with Gasteiger partial charge in [-0.15, -0.1) is 0 Å². The second-order valence-electron chi connectivity index (χ2n) is 6.81. The van der Waals surface area contributed by atoms with Crippen molar-refractivity contribution in [1.82, 2.24) is 15.1 Å². The van der Waals surface area contributed by atoms with Gasteiger partial charge in [-0.3, -0.25) is 9.59 Å². The van der Waals surface area contributed by atoms with Gasteiger partial charge in [-0.25, -0.2) is 5.10 Å². The number of carbonyl (C=O) groups excluding carboxylic acids is 1. The minimum Gasteiger partial charge on any atom is -0.459 e. The normalized spacial score (nSPS) is 12.4. The zero-order valence-corrected chi connectivity index (χ0v) is 15.8. The number of benzene rings is 2. The molecule has 6 heteroatoms. The maximum absolute atomic E-state index is 13.4. The molecular formula is C22H21N3O3. The number of amides is 1. The lowest BCUT2D eigenvalue weighted by atomic mass is 10.1. The highest BCUT2D eigenvalue weighted by Crippen LogP contribution is 2.29. The van der Waals surface area contributed by atoms with Gasteiger partial charge in [-0.2, -0.15) is 5.10 Å². The van der Waals surface area contributed by atoms with Gasteiger partial charge in [0, 0.05) is 17.3 Å². The first-order chi connectivity index (χ1) is 13.6. The maximum atomic E-state index is 13.4. The van der Waals surface area contributed by atoms with E-state index < -0.39 is 0 Å². The highest BCUT2D eigenvalue weighted by Gasteiger charge is 2.27. The fourth-order valence-electron chi connectivity index (χ4n) is 3.49. The molecule has 0 aliphatic heterocycles. The van der Waals surface area contributed by atoms with Crippen LogP contribution in [0.4, 0.5) is 0 Å². The van der Waals surface area contributed by atoms with Crippen LogP contribution in [-0.4, -0.2) is 27.5 Å². The van der Waals surface area contributed by atoms with Crippen LogP contribution in [-0.2, 0) is 0 Å². The number of nitrogens with one attached hydrogen (secondary N) is 1. The van der Waals surface area contributed by atoms with Crippen LogP contribution in [0.2, 0.25) is 0 Å². The number of fused-ring (bicyclic) bond motifs is 2. The first kappa shape index (κ1) is 18.0. The van der Waals surface area contributed by atoms with Gasteiger partial charge in [0.05, 0.1) is 11.4 Å². The van der Waals surface area contributed by atoms with Crippen molar-refractivity contribution in [1.29, 1.82) is 0 Å². The first-order valence-corrected chi connectivity index (χ1v) is 9.37. The molecule has 0 bridgehead atoms. The summed E-state index contributed by atoms with van der Waals surface area (Å²) < 4.78 is 5.98. The number of hydrogen-bond donors (Lipinski definition) is 1. The second kappa shape index (κ2) is 7.31. The molecule has 28 heavy (non-hydrogen) atoms. The third kappa shape index (κ3) is 3.07. The zero-order chi connectivity index (χ0) is 19.7. The third-order valence-electron chi connectivity index (χ3n) is 4.95. The van der Waals surface area contributed by atoms with Crippen LogP contribution in [0.15, 0.2) is 63.8 Å².